The van der Waals surface area contributed by atoms with Gasteiger partial charge in [-0.05, 0) is 92.3 Å². The highest BCUT2D eigenvalue weighted by Gasteiger charge is 2.67. The second-order valence-electron chi connectivity index (χ2n) is 11.7. The van der Waals surface area contributed by atoms with Crippen LogP contribution in [0.25, 0.3) is 0 Å². The highest BCUT2D eigenvalue weighted by atomic mass is 19.3. The van der Waals surface area contributed by atoms with E-state index in [1.54, 1.807) is 0 Å². The van der Waals surface area contributed by atoms with E-state index < -0.39 is 11.8 Å². The van der Waals surface area contributed by atoms with Crippen molar-refractivity contribution in [3.8, 4) is 0 Å². The molecule has 0 aliphatic heterocycles. The van der Waals surface area contributed by atoms with Crippen LogP contribution in [0.4, 0.5) is 8.78 Å². The van der Waals surface area contributed by atoms with Crippen molar-refractivity contribution in [2.24, 2.45) is 40.4 Å². The van der Waals surface area contributed by atoms with Crippen molar-refractivity contribution < 1.29 is 27.8 Å². The molecule has 0 aromatic rings. The van der Waals surface area contributed by atoms with E-state index >= 15 is 8.78 Å². The van der Waals surface area contributed by atoms with Crippen molar-refractivity contribution in [2.75, 3.05) is 7.11 Å². The van der Waals surface area contributed by atoms with Crippen LogP contribution in [0.1, 0.15) is 91.4 Å². The van der Waals surface area contributed by atoms with Crippen molar-refractivity contribution in [2.45, 2.75) is 103 Å². The first-order valence-electron chi connectivity index (χ1n) is 12.6. The smallest absolute Gasteiger partial charge is 0.305 e. The number of hydrogen-bond acceptors (Lipinski definition) is 4. The average Bonchev–Trinajstić information content (AvgIpc) is 3.05. The van der Waals surface area contributed by atoms with E-state index in [2.05, 4.69) is 13.8 Å². The van der Waals surface area contributed by atoms with E-state index in [1.807, 2.05) is 0 Å². The van der Waals surface area contributed by atoms with E-state index in [1.165, 1.54) is 14.0 Å². The Kier molecular flexibility index (Phi) is 6.39. The molecule has 4 nitrogen and oxygen atoms in total. The molecule has 0 bridgehead atoms. The molecule has 4 fully saturated rings. The van der Waals surface area contributed by atoms with Gasteiger partial charge in [-0.2, -0.15) is 0 Å². The van der Waals surface area contributed by atoms with Gasteiger partial charge < -0.3 is 9.47 Å². The summed E-state index contributed by atoms with van der Waals surface area (Å²) >= 11 is 0. The number of alkyl halides is 2. The molecule has 182 valence electrons. The van der Waals surface area contributed by atoms with E-state index in [0.717, 1.165) is 44.9 Å². The molecule has 0 spiro atoms. The number of rotatable bonds is 5. The second kappa shape index (κ2) is 8.54. The molecule has 0 radical (unpaired) electrons. The molecule has 0 aromatic heterocycles. The quantitative estimate of drug-likeness (QED) is 0.467. The molecular formula is C26H40F2O4. The fraction of sp³-hybridized carbons (Fsp3) is 0.923. The summed E-state index contributed by atoms with van der Waals surface area (Å²) < 4.78 is 41.5. The van der Waals surface area contributed by atoms with Crippen LogP contribution in [0.2, 0.25) is 0 Å². The Labute approximate surface area is 191 Å². The predicted molar refractivity (Wildman–Crippen MR) is 117 cm³/mol. The van der Waals surface area contributed by atoms with Crippen LogP contribution < -0.4 is 0 Å². The fourth-order valence-electron chi connectivity index (χ4n) is 8.76. The van der Waals surface area contributed by atoms with Gasteiger partial charge in [0.1, 0.15) is 6.10 Å². The second-order valence-corrected chi connectivity index (χ2v) is 11.7. The van der Waals surface area contributed by atoms with Gasteiger partial charge >= 0.3 is 11.9 Å². The van der Waals surface area contributed by atoms with Crippen molar-refractivity contribution >= 4 is 11.9 Å². The number of methoxy groups -OCH3 is 1. The molecule has 4 saturated carbocycles. The van der Waals surface area contributed by atoms with Crippen molar-refractivity contribution in [1.29, 1.82) is 0 Å². The number of halogens is 2. The molecule has 6 heteroatoms. The van der Waals surface area contributed by atoms with Crippen LogP contribution in [-0.4, -0.2) is 31.1 Å². The van der Waals surface area contributed by atoms with Gasteiger partial charge in [-0.1, -0.05) is 13.8 Å². The minimum atomic E-state index is -2.71. The van der Waals surface area contributed by atoms with Gasteiger partial charge in [-0.25, -0.2) is 8.78 Å². The van der Waals surface area contributed by atoms with Crippen LogP contribution in [0.3, 0.4) is 0 Å². The van der Waals surface area contributed by atoms with Crippen LogP contribution in [0, 0.1) is 40.4 Å². The largest absolute Gasteiger partial charge is 0.469 e. The maximum atomic E-state index is 15.7. The molecule has 1 unspecified atom stereocenters. The fourth-order valence-corrected chi connectivity index (χ4v) is 8.76. The molecule has 4 rings (SSSR count). The third-order valence-corrected chi connectivity index (χ3v) is 10.3. The van der Waals surface area contributed by atoms with E-state index in [4.69, 9.17) is 9.47 Å². The summed E-state index contributed by atoms with van der Waals surface area (Å²) in [6.07, 6.45) is 7.83. The van der Waals surface area contributed by atoms with Crippen molar-refractivity contribution in [3.63, 3.8) is 0 Å². The van der Waals surface area contributed by atoms with Gasteiger partial charge in [-0.15, -0.1) is 0 Å². The Balaban J connectivity index is 1.51. The number of carbonyl (C=O) groups excluding carboxylic acids is 2. The van der Waals surface area contributed by atoms with Gasteiger partial charge in [0.05, 0.1) is 7.11 Å². The Morgan fingerprint density at radius 3 is 2.38 bits per heavy atom. The van der Waals surface area contributed by atoms with Crippen molar-refractivity contribution in [3.05, 3.63) is 0 Å². The summed E-state index contributed by atoms with van der Waals surface area (Å²) in [5.41, 5.74) is -0.279. The first kappa shape index (κ1) is 23.9. The number of carbonyl (C=O) groups is 2. The molecule has 0 saturated heterocycles. The van der Waals surface area contributed by atoms with Crippen molar-refractivity contribution in [1.82, 2.24) is 0 Å². The highest BCUT2D eigenvalue weighted by molar-refractivity contribution is 5.69. The van der Waals surface area contributed by atoms with Gasteiger partial charge in [0.15, 0.2) is 0 Å². The summed E-state index contributed by atoms with van der Waals surface area (Å²) in [4.78, 5) is 23.0. The first-order valence-corrected chi connectivity index (χ1v) is 12.6. The third kappa shape index (κ3) is 3.98. The lowest BCUT2D eigenvalue weighted by molar-refractivity contribution is -0.237. The number of fused-ring (bicyclic) bond motifs is 5. The Bertz CT molecular complexity index is 739. The summed E-state index contributed by atoms with van der Waals surface area (Å²) in [5, 5.41) is 0. The predicted octanol–water partition coefficient (Wildman–Crippen LogP) is 6.17. The molecule has 32 heavy (non-hydrogen) atoms. The Morgan fingerprint density at radius 2 is 1.69 bits per heavy atom. The van der Waals surface area contributed by atoms with Crippen LogP contribution >= 0.6 is 0 Å². The lowest BCUT2D eigenvalue weighted by Gasteiger charge is -2.62. The first-order chi connectivity index (χ1) is 15.0. The van der Waals surface area contributed by atoms with Gasteiger partial charge in [0.25, 0.3) is 5.92 Å². The lowest BCUT2D eigenvalue weighted by Crippen LogP contribution is -2.60. The van der Waals surface area contributed by atoms with Crippen LogP contribution in [0.15, 0.2) is 0 Å². The van der Waals surface area contributed by atoms with Crippen LogP contribution in [0.5, 0.6) is 0 Å². The van der Waals surface area contributed by atoms with E-state index in [-0.39, 0.29) is 41.2 Å². The van der Waals surface area contributed by atoms with Crippen LogP contribution in [-0.2, 0) is 19.1 Å². The molecular weight excluding hydrogens is 414 g/mol. The lowest BCUT2D eigenvalue weighted by atomic mass is 9.43. The summed E-state index contributed by atoms with van der Waals surface area (Å²) in [7, 11) is 1.42. The van der Waals surface area contributed by atoms with E-state index in [9.17, 15) is 9.59 Å². The topological polar surface area (TPSA) is 52.6 Å². The monoisotopic (exact) mass is 454 g/mol. The third-order valence-electron chi connectivity index (χ3n) is 10.3. The maximum absolute atomic E-state index is 15.7. The molecule has 4 aliphatic rings. The summed E-state index contributed by atoms with van der Waals surface area (Å²) in [5.74, 6) is -2.68. The molecule has 0 heterocycles. The molecule has 8 atom stereocenters. The zero-order valence-corrected chi connectivity index (χ0v) is 20.1. The molecule has 4 aliphatic carbocycles. The Hall–Kier alpha value is -1.20. The highest BCUT2D eigenvalue weighted by Crippen LogP contribution is 2.70. The Morgan fingerprint density at radius 1 is 1.00 bits per heavy atom. The molecule has 0 amide bonds. The SMILES string of the molecule is COC(=O)CCCC1CC[C@H]2[C@@H]3CC(F)(F)[C@H]4C[C@H](OC(C)=O)CC[C@]4(C)[C@H]3CC[C@]12C. The molecule has 0 N–H and O–H groups in total. The van der Waals surface area contributed by atoms with Gasteiger partial charge in [0, 0.05) is 25.7 Å². The summed E-state index contributed by atoms with van der Waals surface area (Å²) in [6, 6.07) is 0. The minimum absolute atomic E-state index is 0.0140. The normalized spacial score (nSPS) is 44.7. The van der Waals surface area contributed by atoms with Gasteiger partial charge in [0.2, 0.25) is 0 Å². The van der Waals surface area contributed by atoms with Gasteiger partial charge in [-0.3, -0.25) is 9.59 Å². The molecule has 0 aromatic carbocycles. The maximum Gasteiger partial charge on any atom is 0.305 e. The number of ether oxygens (including phenoxy) is 2. The zero-order valence-electron chi connectivity index (χ0n) is 20.1. The average molecular weight is 455 g/mol. The number of esters is 2. The minimum Gasteiger partial charge on any atom is -0.469 e. The van der Waals surface area contributed by atoms with E-state index in [0.29, 0.717) is 37.0 Å². The standard InChI is InChI=1S/C26H40F2O4/c1-16(29)32-18-10-12-25(3)21-11-13-24(2)17(6-5-7-23(30)31-4)8-9-20(24)19(21)15-26(27,28)22(25)14-18/h17-22H,5-15H2,1-4H3/t17?,18-,19+,20+,21+,22+,24-,25-/m1/s1. The number of hydrogen-bond donors (Lipinski definition) is 0. The summed E-state index contributed by atoms with van der Waals surface area (Å²) in [6.45, 7) is 5.82. The zero-order chi connectivity index (χ0) is 23.3.